The van der Waals surface area contributed by atoms with Gasteiger partial charge in [-0.1, -0.05) is 12.1 Å². The minimum absolute atomic E-state index is 0.127. The van der Waals surface area contributed by atoms with Crippen LogP contribution in [0.25, 0.3) is 0 Å². The minimum atomic E-state index is -0.944. The molecule has 0 saturated carbocycles. The molecule has 1 amide bonds. The van der Waals surface area contributed by atoms with Crippen LogP contribution in [0, 0.1) is 0 Å². The van der Waals surface area contributed by atoms with Crippen LogP contribution in [-0.2, 0) is 4.74 Å². The highest BCUT2D eigenvalue weighted by Crippen LogP contribution is 2.18. The number of carboxylic acid groups (broad SMARTS) is 1. The van der Waals surface area contributed by atoms with E-state index in [1.165, 1.54) is 0 Å². The Bertz CT molecular complexity index is 617. The van der Waals surface area contributed by atoms with Crippen molar-refractivity contribution in [2.24, 2.45) is 4.99 Å². The van der Waals surface area contributed by atoms with Crippen LogP contribution in [0.15, 0.2) is 29.3 Å². The van der Waals surface area contributed by atoms with Crippen LogP contribution >= 0.6 is 0 Å². The van der Waals surface area contributed by atoms with E-state index in [1.54, 1.807) is 45.0 Å². The van der Waals surface area contributed by atoms with Crippen molar-refractivity contribution < 1.29 is 19.4 Å². The van der Waals surface area contributed by atoms with Gasteiger partial charge in [-0.05, 0) is 38.5 Å². The fourth-order valence-electron chi connectivity index (χ4n) is 2.15. The maximum Gasteiger partial charge on any atom is 0.414 e. The number of ether oxygens (including phenoxy) is 1. The maximum absolute atomic E-state index is 11.7. The second kappa shape index (κ2) is 6.68. The number of alkyl carbamates (subject to hydrolysis) is 1. The molecule has 1 atom stereocenters. The van der Waals surface area contributed by atoms with Gasteiger partial charge in [0.05, 0.1) is 12.1 Å². The summed E-state index contributed by atoms with van der Waals surface area (Å²) in [5.74, 6) is -0.431. The van der Waals surface area contributed by atoms with Gasteiger partial charge in [-0.25, -0.2) is 9.59 Å². The molecule has 0 bridgehead atoms. The molecule has 1 unspecified atom stereocenters. The van der Waals surface area contributed by atoms with E-state index >= 15 is 0 Å². The fraction of sp³-hybridized carbons (Fsp3) is 0.438. The molecule has 3 N–H and O–H groups in total. The maximum atomic E-state index is 11.7. The van der Waals surface area contributed by atoms with Crippen molar-refractivity contribution in [2.75, 3.05) is 13.1 Å². The third kappa shape index (κ3) is 4.98. The Morgan fingerprint density at radius 1 is 1.30 bits per heavy atom. The Kier molecular flexibility index (Phi) is 4.88. The normalized spacial score (nSPS) is 17.7. The first-order valence-corrected chi connectivity index (χ1v) is 7.36. The molecule has 23 heavy (non-hydrogen) atoms. The quantitative estimate of drug-likeness (QED) is 0.773. The Hall–Kier alpha value is -2.57. The zero-order chi connectivity index (χ0) is 17.0. The second-order valence-electron chi connectivity index (χ2n) is 6.32. The first-order valence-electron chi connectivity index (χ1n) is 7.36. The fourth-order valence-corrected chi connectivity index (χ4v) is 2.15. The molecule has 0 fully saturated rings. The minimum Gasteiger partial charge on any atom is -0.478 e. The van der Waals surface area contributed by atoms with Gasteiger partial charge in [-0.3, -0.25) is 10.3 Å². The first kappa shape index (κ1) is 16.8. The number of carboxylic acids is 1. The van der Waals surface area contributed by atoms with Crippen LogP contribution < -0.4 is 10.6 Å². The van der Waals surface area contributed by atoms with Gasteiger partial charge in [-0.2, -0.15) is 0 Å². The molecule has 0 spiro atoms. The lowest BCUT2D eigenvalue weighted by Gasteiger charge is -2.25. The lowest BCUT2D eigenvalue weighted by atomic mass is 9.97. The van der Waals surface area contributed by atoms with Crippen LogP contribution in [0.5, 0.6) is 0 Å². The number of aromatic carboxylic acids is 1. The number of carbonyl (C=O) groups excluding carboxylic acids is 1. The molecular weight excluding hydrogens is 298 g/mol. The number of hydrogen-bond donors (Lipinski definition) is 3. The number of guanidine groups is 1. The molecule has 0 aliphatic carbocycles. The summed E-state index contributed by atoms with van der Waals surface area (Å²) in [6.07, 6.45) is -0.548. The van der Waals surface area contributed by atoms with Gasteiger partial charge < -0.3 is 15.2 Å². The monoisotopic (exact) mass is 319 g/mol. The molecule has 124 valence electrons. The van der Waals surface area contributed by atoms with Crippen molar-refractivity contribution in [1.29, 1.82) is 0 Å². The molecule has 7 nitrogen and oxygen atoms in total. The lowest BCUT2D eigenvalue weighted by Crippen LogP contribution is -2.47. The summed E-state index contributed by atoms with van der Waals surface area (Å²) in [5, 5.41) is 14.5. The summed E-state index contributed by atoms with van der Waals surface area (Å²) in [6.45, 7) is 6.48. The molecule has 1 heterocycles. The van der Waals surface area contributed by atoms with Crippen molar-refractivity contribution in [3.63, 3.8) is 0 Å². The van der Waals surface area contributed by atoms with Crippen molar-refractivity contribution in [3.05, 3.63) is 35.4 Å². The molecular formula is C16H21N3O4. The van der Waals surface area contributed by atoms with Gasteiger partial charge in [0, 0.05) is 12.5 Å². The highest BCUT2D eigenvalue weighted by molar-refractivity contribution is 5.94. The smallest absolute Gasteiger partial charge is 0.414 e. The van der Waals surface area contributed by atoms with Crippen molar-refractivity contribution in [3.8, 4) is 0 Å². The van der Waals surface area contributed by atoms with E-state index < -0.39 is 17.7 Å². The topological polar surface area (TPSA) is 100 Å². The number of benzene rings is 1. The van der Waals surface area contributed by atoms with Crippen molar-refractivity contribution in [1.82, 2.24) is 10.6 Å². The van der Waals surface area contributed by atoms with E-state index in [2.05, 4.69) is 15.6 Å². The summed E-state index contributed by atoms with van der Waals surface area (Å²) in [4.78, 5) is 26.8. The Morgan fingerprint density at radius 3 is 2.43 bits per heavy atom. The number of amides is 1. The van der Waals surface area contributed by atoms with E-state index in [4.69, 9.17) is 9.84 Å². The molecule has 1 aliphatic rings. The molecule has 7 heteroatoms. The highest BCUT2D eigenvalue weighted by Gasteiger charge is 2.21. The van der Waals surface area contributed by atoms with Crippen LogP contribution in [0.1, 0.15) is 42.6 Å². The van der Waals surface area contributed by atoms with E-state index in [0.717, 1.165) is 5.56 Å². The van der Waals surface area contributed by atoms with Gasteiger partial charge in [0.25, 0.3) is 0 Å². The van der Waals surface area contributed by atoms with E-state index in [9.17, 15) is 9.59 Å². The summed E-state index contributed by atoms with van der Waals surface area (Å²) in [6, 6.07) is 6.74. The molecule has 2 rings (SSSR count). The number of rotatable bonds is 2. The van der Waals surface area contributed by atoms with Crippen LogP contribution in [0.4, 0.5) is 4.79 Å². The number of aliphatic imine (C=N–C) groups is 1. The summed E-state index contributed by atoms with van der Waals surface area (Å²) in [7, 11) is 0. The molecule has 1 aliphatic heterocycles. The number of nitrogens with zero attached hydrogens (tertiary/aromatic N) is 1. The molecule has 0 radical (unpaired) electrons. The van der Waals surface area contributed by atoms with Gasteiger partial charge >= 0.3 is 12.1 Å². The second-order valence-corrected chi connectivity index (χ2v) is 6.32. The molecule has 1 aromatic rings. The Labute approximate surface area is 134 Å². The predicted molar refractivity (Wildman–Crippen MR) is 85.8 cm³/mol. The van der Waals surface area contributed by atoms with Gasteiger partial charge in [0.2, 0.25) is 5.96 Å². The summed E-state index contributed by atoms with van der Waals surface area (Å²) >= 11 is 0. The molecule has 0 saturated heterocycles. The van der Waals surface area contributed by atoms with Crippen LogP contribution in [-0.4, -0.2) is 41.8 Å². The average molecular weight is 319 g/mol. The third-order valence-electron chi connectivity index (χ3n) is 3.23. The summed E-state index contributed by atoms with van der Waals surface area (Å²) in [5.41, 5.74) is 0.698. The number of carbonyl (C=O) groups is 2. The largest absolute Gasteiger partial charge is 0.478 e. The number of nitrogens with one attached hydrogen (secondary N) is 2. The zero-order valence-corrected chi connectivity index (χ0v) is 13.4. The Balaban J connectivity index is 1.92. The Morgan fingerprint density at radius 2 is 1.96 bits per heavy atom. The van der Waals surface area contributed by atoms with E-state index in [1.807, 2.05) is 0 Å². The first-order chi connectivity index (χ1) is 10.7. The zero-order valence-electron chi connectivity index (χ0n) is 13.4. The SMILES string of the molecule is CC(C)(C)OC(=O)NC1=NCC(c2ccc(C(=O)O)cc2)CN1. The molecule has 0 aromatic heterocycles. The van der Waals surface area contributed by atoms with Crippen LogP contribution in [0.3, 0.4) is 0 Å². The number of hydrogen-bond acceptors (Lipinski definition) is 5. The highest BCUT2D eigenvalue weighted by atomic mass is 16.6. The van der Waals surface area contributed by atoms with Crippen molar-refractivity contribution in [2.45, 2.75) is 32.3 Å². The third-order valence-corrected chi connectivity index (χ3v) is 3.23. The van der Waals surface area contributed by atoms with E-state index in [0.29, 0.717) is 19.0 Å². The lowest BCUT2D eigenvalue weighted by molar-refractivity contribution is 0.0560. The standard InChI is InChI=1S/C16H21N3O4/c1-16(2,3)23-15(22)19-14-17-8-12(9-18-14)10-4-6-11(7-5-10)13(20)21/h4-7,12H,8-9H2,1-3H3,(H,20,21)(H2,17,18,19,22). The summed E-state index contributed by atoms with van der Waals surface area (Å²) < 4.78 is 5.16. The van der Waals surface area contributed by atoms with E-state index in [-0.39, 0.29) is 11.5 Å². The average Bonchev–Trinajstić information content (AvgIpc) is 2.46. The van der Waals surface area contributed by atoms with Crippen LogP contribution in [0.2, 0.25) is 0 Å². The van der Waals surface area contributed by atoms with Gasteiger partial charge in [-0.15, -0.1) is 0 Å². The van der Waals surface area contributed by atoms with Gasteiger partial charge in [0.15, 0.2) is 0 Å². The van der Waals surface area contributed by atoms with Gasteiger partial charge in [0.1, 0.15) is 5.60 Å². The molecule has 1 aromatic carbocycles. The van der Waals surface area contributed by atoms with Crippen molar-refractivity contribution >= 4 is 18.0 Å². The predicted octanol–water partition coefficient (Wildman–Crippen LogP) is 1.95.